The van der Waals surface area contributed by atoms with E-state index in [-0.39, 0.29) is 29.9 Å². The van der Waals surface area contributed by atoms with Crippen molar-refractivity contribution in [3.05, 3.63) is 35.9 Å². The largest absolute Gasteiger partial charge is 0.357 e. The zero-order valence-electron chi connectivity index (χ0n) is 16.0. The molecule has 1 fully saturated rings. The lowest BCUT2D eigenvalue weighted by atomic mass is 9.87. The third kappa shape index (κ3) is 8.38. The predicted octanol–water partition coefficient (Wildman–Crippen LogP) is 3.56. The van der Waals surface area contributed by atoms with E-state index in [0.29, 0.717) is 24.7 Å². The maximum absolute atomic E-state index is 12.0. The van der Waals surface area contributed by atoms with Gasteiger partial charge >= 0.3 is 0 Å². The van der Waals surface area contributed by atoms with Crippen molar-refractivity contribution in [2.75, 3.05) is 19.6 Å². The van der Waals surface area contributed by atoms with Crippen LogP contribution in [0, 0.1) is 5.92 Å². The molecular formula is C20H33IN4O. The van der Waals surface area contributed by atoms with Gasteiger partial charge in [0.15, 0.2) is 5.96 Å². The minimum absolute atomic E-state index is 0. The Kier molecular flexibility index (Phi) is 11.3. The zero-order valence-corrected chi connectivity index (χ0v) is 18.3. The molecule has 0 bridgehead atoms. The summed E-state index contributed by atoms with van der Waals surface area (Å²) in [7, 11) is 0. The summed E-state index contributed by atoms with van der Waals surface area (Å²) in [5.41, 5.74) is 0.701. The molecule has 0 saturated heterocycles. The van der Waals surface area contributed by atoms with Crippen LogP contribution in [0.3, 0.4) is 0 Å². The maximum Gasteiger partial charge on any atom is 0.251 e. The highest BCUT2D eigenvalue weighted by molar-refractivity contribution is 14.0. The highest BCUT2D eigenvalue weighted by atomic mass is 127. The second-order valence-corrected chi connectivity index (χ2v) is 6.84. The maximum atomic E-state index is 12.0. The fraction of sp³-hybridized carbons (Fsp3) is 0.600. The van der Waals surface area contributed by atoms with Crippen molar-refractivity contribution in [3.8, 4) is 0 Å². The van der Waals surface area contributed by atoms with Crippen LogP contribution < -0.4 is 16.0 Å². The second kappa shape index (κ2) is 12.9. The van der Waals surface area contributed by atoms with Crippen molar-refractivity contribution >= 4 is 35.8 Å². The van der Waals surface area contributed by atoms with Crippen molar-refractivity contribution in [2.24, 2.45) is 10.9 Å². The summed E-state index contributed by atoms with van der Waals surface area (Å²) in [6.07, 6.45) is 5.86. The first-order chi connectivity index (χ1) is 12.2. The quantitative estimate of drug-likeness (QED) is 0.246. The van der Waals surface area contributed by atoms with Gasteiger partial charge in [-0.1, -0.05) is 25.1 Å². The lowest BCUT2D eigenvalue weighted by molar-refractivity contribution is 0.0953. The standard InChI is InChI=1S/C20H32N4O.HI/c1-3-21-20(24-18-12-10-16(2)11-13-18)23-15-7-14-22-19(25)17-8-5-4-6-9-17;/h4-6,8-9,16,18H,3,7,10-15H2,1-2H3,(H,22,25)(H2,21,23,24);1H. The smallest absolute Gasteiger partial charge is 0.251 e. The van der Waals surface area contributed by atoms with E-state index in [1.807, 2.05) is 30.3 Å². The van der Waals surface area contributed by atoms with Crippen molar-refractivity contribution in [1.29, 1.82) is 0 Å². The molecule has 1 aromatic rings. The van der Waals surface area contributed by atoms with E-state index in [0.717, 1.165) is 24.8 Å². The Morgan fingerprint density at radius 2 is 1.81 bits per heavy atom. The number of nitrogens with zero attached hydrogens (tertiary/aromatic N) is 1. The molecule has 1 aromatic carbocycles. The molecule has 0 aliphatic heterocycles. The molecule has 0 atom stereocenters. The Morgan fingerprint density at radius 1 is 1.12 bits per heavy atom. The van der Waals surface area contributed by atoms with E-state index in [9.17, 15) is 4.79 Å². The van der Waals surface area contributed by atoms with E-state index in [4.69, 9.17) is 0 Å². The normalized spacial score (nSPS) is 20.0. The molecule has 2 rings (SSSR count). The summed E-state index contributed by atoms with van der Waals surface area (Å²) in [6.45, 7) is 6.62. The minimum atomic E-state index is -0.0223. The summed E-state index contributed by atoms with van der Waals surface area (Å²) in [6, 6.07) is 9.84. The van der Waals surface area contributed by atoms with Gasteiger partial charge in [-0.25, -0.2) is 0 Å². The number of amides is 1. The van der Waals surface area contributed by atoms with Gasteiger partial charge in [-0.3, -0.25) is 9.79 Å². The fourth-order valence-electron chi connectivity index (χ4n) is 3.08. The predicted molar refractivity (Wildman–Crippen MR) is 119 cm³/mol. The van der Waals surface area contributed by atoms with E-state index in [1.54, 1.807) is 0 Å². The van der Waals surface area contributed by atoms with E-state index in [2.05, 4.69) is 34.8 Å². The molecule has 1 amide bonds. The summed E-state index contributed by atoms with van der Waals surface area (Å²) < 4.78 is 0. The first-order valence-corrected chi connectivity index (χ1v) is 9.57. The van der Waals surface area contributed by atoms with Gasteiger partial charge in [0.25, 0.3) is 5.91 Å². The van der Waals surface area contributed by atoms with Crippen molar-refractivity contribution < 1.29 is 4.79 Å². The zero-order chi connectivity index (χ0) is 17.9. The molecule has 0 heterocycles. The van der Waals surface area contributed by atoms with Gasteiger partial charge in [-0.2, -0.15) is 0 Å². The molecular weight excluding hydrogens is 439 g/mol. The van der Waals surface area contributed by atoms with Crippen LogP contribution in [0.4, 0.5) is 0 Å². The van der Waals surface area contributed by atoms with Crippen LogP contribution in [0.1, 0.15) is 56.3 Å². The number of hydrogen-bond donors (Lipinski definition) is 3. The van der Waals surface area contributed by atoms with Gasteiger partial charge in [0.2, 0.25) is 0 Å². The third-order valence-corrected chi connectivity index (χ3v) is 4.63. The first-order valence-electron chi connectivity index (χ1n) is 9.57. The van der Waals surface area contributed by atoms with Gasteiger partial charge < -0.3 is 16.0 Å². The van der Waals surface area contributed by atoms with Crippen LogP contribution in [0.15, 0.2) is 35.3 Å². The summed E-state index contributed by atoms with van der Waals surface area (Å²) in [4.78, 5) is 16.6. The average Bonchev–Trinajstić information content (AvgIpc) is 2.64. The Labute approximate surface area is 174 Å². The van der Waals surface area contributed by atoms with Crippen molar-refractivity contribution in [3.63, 3.8) is 0 Å². The van der Waals surface area contributed by atoms with Crippen LogP contribution >= 0.6 is 24.0 Å². The SMILES string of the molecule is CCNC(=NCCCNC(=O)c1ccccc1)NC1CCC(C)CC1.I. The summed E-state index contributed by atoms with van der Waals surface area (Å²) in [5.74, 6) is 1.73. The molecule has 26 heavy (non-hydrogen) atoms. The first kappa shape index (κ1) is 22.7. The van der Waals surface area contributed by atoms with Crippen LogP contribution in [-0.2, 0) is 0 Å². The monoisotopic (exact) mass is 472 g/mol. The van der Waals surface area contributed by atoms with Gasteiger partial charge in [-0.15, -0.1) is 24.0 Å². The Hall–Kier alpha value is -1.31. The topological polar surface area (TPSA) is 65.5 Å². The number of guanidine groups is 1. The molecule has 1 aliphatic carbocycles. The molecule has 146 valence electrons. The summed E-state index contributed by atoms with van der Waals surface area (Å²) in [5, 5.41) is 9.81. The Morgan fingerprint density at radius 3 is 2.46 bits per heavy atom. The average molecular weight is 472 g/mol. The highest BCUT2D eigenvalue weighted by Crippen LogP contribution is 2.23. The van der Waals surface area contributed by atoms with Crippen LogP contribution in [0.5, 0.6) is 0 Å². The highest BCUT2D eigenvalue weighted by Gasteiger charge is 2.18. The van der Waals surface area contributed by atoms with Gasteiger partial charge in [0.05, 0.1) is 0 Å². The molecule has 1 aliphatic rings. The van der Waals surface area contributed by atoms with E-state index >= 15 is 0 Å². The molecule has 1 saturated carbocycles. The fourth-order valence-corrected chi connectivity index (χ4v) is 3.08. The second-order valence-electron chi connectivity index (χ2n) is 6.84. The molecule has 0 spiro atoms. The number of rotatable bonds is 7. The van der Waals surface area contributed by atoms with Gasteiger partial charge in [-0.05, 0) is 57.1 Å². The number of benzene rings is 1. The number of aliphatic imine (C=N–C) groups is 1. The number of carbonyl (C=O) groups excluding carboxylic acids is 1. The molecule has 3 N–H and O–H groups in total. The Balaban J connectivity index is 0.00000338. The van der Waals surface area contributed by atoms with E-state index in [1.165, 1.54) is 25.7 Å². The Bertz CT molecular complexity index is 542. The molecule has 6 heteroatoms. The lowest BCUT2D eigenvalue weighted by Gasteiger charge is -2.28. The third-order valence-electron chi connectivity index (χ3n) is 4.63. The molecule has 5 nitrogen and oxygen atoms in total. The van der Waals surface area contributed by atoms with Crippen molar-refractivity contribution in [2.45, 2.75) is 52.0 Å². The number of halogens is 1. The van der Waals surface area contributed by atoms with Crippen LogP contribution in [0.2, 0.25) is 0 Å². The van der Waals surface area contributed by atoms with Crippen LogP contribution in [-0.4, -0.2) is 37.5 Å². The van der Waals surface area contributed by atoms with Crippen molar-refractivity contribution in [1.82, 2.24) is 16.0 Å². The molecule has 0 radical (unpaired) electrons. The number of hydrogen-bond acceptors (Lipinski definition) is 2. The number of nitrogens with one attached hydrogen (secondary N) is 3. The molecule has 0 aromatic heterocycles. The lowest BCUT2D eigenvalue weighted by Crippen LogP contribution is -2.44. The van der Waals surface area contributed by atoms with E-state index < -0.39 is 0 Å². The molecule has 0 unspecified atom stereocenters. The number of carbonyl (C=O) groups is 1. The summed E-state index contributed by atoms with van der Waals surface area (Å²) >= 11 is 0. The van der Waals surface area contributed by atoms with Crippen LogP contribution in [0.25, 0.3) is 0 Å². The van der Waals surface area contributed by atoms with Gasteiger partial charge in [0, 0.05) is 31.2 Å². The van der Waals surface area contributed by atoms with Gasteiger partial charge in [0.1, 0.15) is 0 Å². The minimum Gasteiger partial charge on any atom is -0.357 e.